The molecule has 0 radical (unpaired) electrons. The number of unbranched alkanes of at least 4 members (excludes halogenated alkanes) is 1. The lowest BCUT2D eigenvalue weighted by molar-refractivity contribution is -0.162. The van der Waals surface area contributed by atoms with E-state index in [1.165, 1.54) is 0 Å². The van der Waals surface area contributed by atoms with Gasteiger partial charge >= 0.3 is 0 Å². The molecule has 0 aromatic heterocycles. The summed E-state index contributed by atoms with van der Waals surface area (Å²) in [6, 6.07) is 0.934. The van der Waals surface area contributed by atoms with Crippen LogP contribution in [0.3, 0.4) is 0 Å². The van der Waals surface area contributed by atoms with E-state index in [0.717, 1.165) is 25.1 Å². The number of phenolic OH excluding ortho intramolecular Hbond substituents is 1. The standard InChI is InChI=1S/C28H39N5O7/c1-6-7-8-31-12-14-11-17(32(2)3)15-9-13-10-16-21(33(4)5)24(40-30)20(27(29)38)26(37)28(16,39)25(36)18(13)23(35)19(15)22(14)34/h11,13,16,21,31,34-35,39H,6-10,12,30H2,1-5H3,(H2,29,38)/t13-,16-,21+,28-/m0/s1. The predicted octanol–water partition coefficient (Wildman–Crippen LogP) is 0.252. The highest BCUT2D eigenvalue weighted by atomic mass is 16.6. The van der Waals surface area contributed by atoms with Gasteiger partial charge in [-0.1, -0.05) is 13.3 Å². The molecule has 0 saturated heterocycles. The number of carbonyl (C=O) groups is 3. The number of ketones is 2. The van der Waals surface area contributed by atoms with Crippen molar-refractivity contribution >= 4 is 28.9 Å². The highest BCUT2D eigenvalue weighted by Gasteiger charge is 2.65. The number of aliphatic hydroxyl groups excluding tert-OH is 1. The summed E-state index contributed by atoms with van der Waals surface area (Å²) >= 11 is 0. The molecule has 0 spiro atoms. The maximum Gasteiger partial charge on any atom is 0.256 e. The molecule has 1 aromatic rings. The van der Waals surface area contributed by atoms with Crippen molar-refractivity contribution in [1.82, 2.24) is 10.2 Å². The van der Waals surface area contributed by atoms with Gasteiger partial charge in [-0.05, 0) is 57.5 Å². The summed E-state index contributed by atoms with van der Waals surface area (Å²) in [4.78, 5) is 48.4. The fraction of sp³-hybridized carbons (Fsp3) is 0.536. The van der Waals surface area contributed by atoms with Gasteiger partial charge in [-0.25, -0.2) is 0 Å². The van der Waals surface area contributed by atoms with Gasteiger partial charge < -0.3 is 36.1 Å². The number of phenols is 1. The second-order valence-corrected chi connectivity index (χ2v) is 11.2. The summed E-state index contributed by atoms with van der Waals surface area (Å²) in [5, 5.41) is 38.0. The van der Waals surface area contributed by atoms with E-state index >= 15 is 0 Å². The van der Waals surface area contributed by atoms with Gasteiger partial charge in [0, 0.05) is 43.4 Å². The Morgan fingerprint density at radius 1 is 1.20 bits per heavy atom. The van der Waals surface area contributed by atoms with Crippen molar-refractivity contribution in [3.05, 3.63) is 39.7 Å². The smallest absolute Gasteiger partial charge is 0.256 e. The van der Waals surface area contributed by atoms with Crippen LogP contribution in [-0.4, -0.2) is 84.1 Å². The monoisotopic (exact) mass is 557 g/mol. The lowest BCUT2D eigenvalue weighted by atomic mass is 9.57. The number of benzene rings is 1. The fourth-order valence-corrected chi connectivity index (χ4v) is 6.51. The van der Waals surface area contributed by atoms with Crippen molar-refractivity contribution in [3.8, 4) is 5.75 Å². The van der Waals surface area contributed by atoms with Crippen LogP contribution in [0.2, 0.25) is 0 Å². The Balaban J connectivity index is 1.91. The van der Waals surface area contributed by atoms with Crippen LogP contribution in [0.4, 0.5) is 5.69 Å². The summed E-state index contributed by atoms with van der Waals surface area (Å²) in [7, 11) is 6.98. The molecular weight excluding hydrogens is 518 g/mol. The Morgan fingerprint density at radius 3 is 2.42 bits per heavy atom. The Hall–Kier alpha value is -3.45. The average molecular weight is 558 g/mol. The molecule has 1 amide bonds. The van der Waals surface area contributed by atoms with Gasteiger partial charge in [0.05, 0.1) is 11.6 Å². The fourth-order valence-electron chi connectivity index (χ4n) is 6.51. The van der Waals surface area contributed by atoms with Crippen LogP contribution in [0.1, 0.15) is 42.9 Å². The van der Waals surface area contributed by atoms with E-state index in [2.05, 4.69) is 12.2 Å². The summed E-state index contributed by atoms with van der Waals surface area (Å²) in [6.45, 7) is 3.15. The lowest BCUT2D eigenvalue weighted by Gasteiger charge is -2.50. The van der Waals surface area contributed by atoms with Gasteiger partial charge in [0.2, 0.25) is 11.6 Å². The SMILES string of the molecule is CCCCNCc1cc(N(C)C)c2c(c1O)C(O)=C1C(=O)[C@]3(O)C(=O)C(C(N)=O)=C(ON)[C@H](N(C)C)[C@@H]3C[C@@H]1C2. The average Bonchev–Trinajstić information content (AvgIpc) is 2.88. The number of nitrogens with two attached hydrogens (primary N) is 2. The molecule has 3 aliphatic rings. The zero-order valence-corrected chi connectivity index (χ0v) is 23.6. The Bertz CT molecular complexity index is 1320. The minimum atomic E-state index is -2.70. The molecule has 0 aliphatic heterocycles. The molecule has 12 heteroatoms. The summed E-state index contributed by atoms with van der Waals surface area (Å²) in [5.74, 6) is -0.489. The number of nitrogens with one attached hydrogen (secondary N) is 1. The van der Waals surface area contributed by atoms with Crippen molar-refractivity contribution in [2.24, 2.45) is 23.5 Å². The minimum Gasteiger partial charge on any atom is -0.507 e. The molecule has 12 nitrogen and oxygen atoms in total. The van der Waals surface area contributed by atoms with E-state index in [1.807, 2.05) is 25.1 Å². The van der Waals surface area contributed by atoms with Crippen LogP contribution in [-0.2, 0) is 32.2 Å². The van der Waals surface area contributed by atoms with E-state index in [4.69, 9.17) is 16.5 Å². The molecule has 8 N–H and O–H groups in total. The topological polar surface area (TPSA) is 192 Å². The molecule has 1 aromatic carbocycles. The number of aliphatic hydroxyl groups is 2. The summed E-state index contributed by atoms with van der Waals surface area (Å²) in [6.07, 6.45) is 2.31. The van der Waals surface area contributed by atoms with Crippen molar-refractivity contribution in [3.63, 3.8) is 0 Å². The van der Waals surface area contributed by atoms with Crippen LogP contribution < -0.4 is 21.8 Å². The van der Waals surface area contributed by atoms with Gasteiger partial charge in [-0.15, -0.1) is 0 Å². The van der Waals surface area contributed by atoms with Gasteiger partial charge in [-0.3, -0.25) is 19.3 Å². The molecule has 40 heavy (non-hydrogen) atoms. The van der Waals surface area contributed by atoms with Crippen LogP contribution >= 0.6 is 0 Å². The van der Waals surface area contributed by atoms with Crippen LogP contribution in [0.25, 0.3) is 5.76 Å². The molecule has 0 bridgehead atoms. The van der Waals surface area contributed by atoms with Crippen molar-refractivity contribution < 1.29 is 34.5 Å². The number of likely N-dealkylation sites (N-methyl/N-ethyl adjacent to an activating group) is 1. The number of rotatable bonds is 9. The second kappa shape index (κ2) is 10.8. The normalized spacial score (nSPS) is 26.1. The first-order chi connectivity index (χ1) is 18.8. The third-order valence-electron chi connectivity index (χ3n) is 8.38. The van der Waals surface area contributed by atoms with Crippen molar-refractivity contribution in [2.45, 2.75) is 50.8 Å². The van der Waals surface area contributed by atoms with Crippen LogP contribution in [0.5, 0.6) is 5.75 Å². The zero-order chi connectivity index (χ0) is 29.7. The number of aromatic hydroxyl groups is 1. The first-order valence-corrected chi connectivity index (χ1v) is 13.4. The number of amides is 1. The third kappa shape index (κ3) is 4.35. The summed E-state index contributed by atoms with van der Waals surface area (Å²) < 4.78 is 0. The van der Waals surface area contributed by atoms with Gasteiger partial charge in [0.1, 0.15) is 17.1 Å². The lowest BCUT2D eigenvalue weighted by Crippen LogP contribution is -2.67. The second-order valence-electron chi connectivity index (χ2n) is 11.2. The number of hydrogen-bond acceptors (Lipinski definition) is 11. The summed E-state index contributed by atoms with van der Waals surface area (Å²) in [5.41, 5.74) is 3.98. The molecule has 0 heterocycles. The zero-order valence-electron chi connectivity index (χ0n) is 23.6. The maximum atomic E-state index is 14.1. The van der Waals surface area contributed by atoms with E-state index in [9.17, 15) is 29.7 Å². The molecular formula is C28H39N5O7. The molecule has 218 valence electrons. The number of hydrogen-bond donors (Lipinski definition) is 6. The van der Waals surface area contributed by atoms with E-state index in [1.54, 1.807) is 19.0 Å². The van der Waals surface area contributed by atoms with Gasteiger partial charge in [-0.2, -0.15) is 5.90 Å². The van der Waals surface area contributed by atoms with Crippen molar-refractivity contribution in [2.75, 3.05) is 39.6 Å². The van der Waals surface area contributed by atoms with E-state index in [-0.39, 0.29) is 35.5 Å². The van der Waals surface area contributed by atoms with Gasteiger partial charge in [0.15, 0.2) is 11.4 Å². The van der Waals surface area contributed by atoms with Crippen molar-refractivity contribution in [1.29, 1.82) is 0 Å². The Kier molecular flexibility index (Phi) is 8.01. The highest BCUT2D eigenvalue weighted by Crippen LogP contribution is 2.53. The molecule has 3 aliphatic carbocycles. The first kappa shape index (κ1) is 29.5. The van der Waals surface area contributed by atoms with Crippen LogP contribution in [0.15, 0.2) is 23.0 Å². The third-order valence-corrected chi connectivity index (χ3v) is 8.38. The number of fused-ring (bicyclic) bond motifs is 3. The Labute approximate surface area is 233 Å². The highest BCUT2D eigenvalue weighted by molar-refractivity contribution is 6.33. The minimum absolute atomic E-state index is 0.0858. The number of primary amides is 1. The number of nitrogens with zero attached hydrogens (tertiary/aromatic N) is 2. The predicted molar refractivity (Wildman–Crippen MR) is 148 cm³/mol. The quantitative estimate of drug-likeness (QED) is 0.106. The maximum absolute atomic E-state index is 14.1. The van der Waals surface area contributed by atoms with E-state index in [0.29, 0.717) is 17.7 Å². The molecule has 1 saturated carbocycles. The molecule has 4 atom stereocenters. The molecule has 4 rings (SSSR count). The number of Topliss-reactive ketones (excluding diaryl/α,β-unsaturated/α-hetero) is 2. The van der Waals surface area contributed by atoms with Gasteiger partial charge in [0.25, 0.3) is 5.91 Å². The van der Waals surface area contributed by atoms with E-state index < -0.39 is 52.3 Å². The number of anilines is 1. The molecule has 1 fully saturated rings. The molecule has 0 unspecified atom stereocenters. The number of carbonyl (C=O) groups excluding carboxylic acids is 3. The largest absolute Gasteiger partial charge is 0.507 e. The van der Waals surface area contributed by atoms with Crippen LogP contribution in [0, 0.1) is 11.8 Å². The first-order valence-electron chi connectivity index (χ1n) is 13.4. The Morgan fingerprint density at radius 2 is 1.88 bits per heavy atom.